The highest BCUT2D eigenvalue weighted by atomic mass is 19.1. The van der Waals surface area contributed by atoms with E-state index in [4.69, 9.17) is 10.7 Å². The lowest BCUT2D eigenvalue weighted by molar-refractivity contribution is 0.126. The molecule has 0 saturated heterocycles. The average Bonchev–Trinajstić information content (AvgIpc) is 3.04. The van der Waals surface area contributed by atoms with E-state index >= 15 is 0 Å². The van der Waals surface area contributed by atoms with Crippen molar-refractivity contribution >= 4 is 16.6 Å². The van der Waals surface area contributed by atoms with Crippen molar-refractivity contribution in [3.63, 3.8) is 0 Å². The number of benzene rings is 2. The molecular formula is C22H19FN4O. The van der Waals surface area contributed by atoms with Crippen molar-refractivity contribution in [1.82, 2.24) is 9.88 Å². The molecule has 1 fully saturated rings. The van der Waals surface area contributed by atoms with Crippen molar-refractivity contribution in [3.8, 4) is 22.9 Å². The van der Waals surface area contributed by atoms with Gasteiger partial charge < -0.3 is 10.8 Å². The molecule has 0 atom stereocenters. The number of hydrogen-bond donors (Lipinski definition) is 2. The minimum Gasteiger partial charge on any atom is -0.507 e. The normalized spacial score (nSPS) is 16.7. The molecule has 1 aliphatic carbocycles. The van der Waals surface area contributed by atoms with Crippen LogP contribution in [0.5, 0.6) is 5.75 Å². The Bertz CT molecular complexity index is 1160. The summed E-state index contributed by atoms with van der Waals surface area (Å²) in [5.74, 6) is -0.401. The van der Waals surface area contributed by atoms with Crippen LogP contribution in [0.1, 0.15) is 36.1 Å². The fourth-order valence-corrected chi connectivity index (χ4v) is 4.30. The molecule has 2 aliphatic rings. The third-order valence-electron chi connectivity index (χ3n) is 6.04. The second-order valence-electron chi connectivity index (χ2n) is 7.60. The number of nitrogen functional groups attached to an aromatic ring is 1. The highest BCUT2D eigenvalue weighted by molar-refractivity contribution is 6.05. The zero-order valence-electron chi connectivity index (χ0n) is 15.2. The Labute approximate surface area is 161 Å². The molecule has 1 aliphatic heterocycles. The zero-order chi connectivity index (χ0) is 19.4. The summed E-state index contributed by atoms with van der Waals surface area (Å²) in [5, 5.41) is 20.5. The molecule has 2 heterocycles. The summed E-state index contributed by atoms with van der Waals surface area (Å²) >= 11 is 0. The molecular weight excluding hydrogens is 355 g/mol. The second kappa shape index (κ2) is 6.18. The van der Waals surface area contributed by atoms with Crippen LogP contribution < -0.4 is 5.73 Å². The Morgan fingerprint density at radius 3 is 2.68 bits per heavy atom. The van der Waals surface area contributed by atoms with Crippen molar-refractivity contribution in [2.24, 2.45) is 0 Å². The molecule has 0 unspecified atom stereocenters. The number of aromatic nitrogens is 1. The van der Waals surface area contributed by atoms with Crippen LogP contribution in [0.4, 0.5) is 10.1 Å². The molecule has 0 radical (unpaired) electrons. The van der Waals surface area contributed by atoms with E-state index < -0.39 is 5.82 Å². The maximum atomic E-state index is 13.6. The first-order chi connectivity index (χ1) is 13.6. The predicted molar refractivity (Wildman–Crippen MR) is 105 cm³/mol. The number of fused-ring (bicyclic) bond motifs is 2. The quantitative estimate of drug-likeness (QED) is 0.706. The van der Waals surface area contributed by atoms with Gasteiger partial charge in [0.1, 0.15) is 11.6 Å². The molecule has 0 bridgehead atoms. The molecule has 6 heteroatoms. The van der Waals surface area contributed by atoms with Crippen LogP contribution in [0.2, 0.25) is 0 Å². The van der Waals surface area contributed by atoms with E-state index in [-0.39, 0.29) is 11.3 Å². The standard InChI is InChI=1S/C22H19FN4O/c23-13-4-5-15(12(8-13)9-24)16-6-7-19(28)20-21(25)17-10-27(14-2-1-3-14)11-18(17)26-22(16)20/h4-8,14,28H,1-3,10-11H2,(H2,25,26). The van der Waals surface area contributed by atoms with Gasteiger partial charge in [0.25, 0.3) is 0 Å². The van der Waals surface area contributed by atoms with E-state index in [0.717, 1.165) is 24.3 Å². The van der Waals surface area contributed by atoms with Gasteiger partial charge in [-0.25, -0.2) is 4.39 Å². The number of anilines is 1. The molecule has 0 spiro atoms. The van der Waals surface area contributed by atoms with Crippen LogP contribution in [-0.2, 0) is 13.1 Å². The van der Waals surface area contributed by atoms with Crippen molar-refractivity contribution in [2.45, 2.75) is 38.4 Å². The van der Waals surface area contributed by atoms with Crippen LogP contribution >= 0.6 is 0 Å². The third-order valence-corrected chi connectivity index (χ3v) is 6.04. The minimum absolute atomic E-state index is 0.0641. The van der Waals surface area contributed by atoms with Crippen LogP contribution in [0.15, 0.2) is 30.3 Å². The van der Waals surface area contributed by atoms with Gasteiger partial charge in [0.2, 0.25) is 0 Å². The first-order valence-corrected chi connectivity index (χ1v) is 9.44. The lowest BCUT2D eigenvalue weighted by atomic mass is 9.92. The Balaban J connectivity index is 1.73. The Kier molecular flexibility index (Phi) is 3.74. The molecule has 5 nitrogen and oxygen atoms in total. The molecule has 0 amide bonds. The summed E-state index contributed by atoms with van der Waals surface area (Å²) in [6.07, 6.45) is 3.66. The molecule has 140 valence electrons. The van der Waals surface area contributed by atoms with E-state index in [1.807, 2.05) is 6.07 Å². The van der Waals surface area contributed by atoms with Crippen molar-refractivity contribution in [2.75, 3.05) is 5.73 Å². The summed E-state index contributed by atoms with van der Waals surface area (Å²) in [6, 6.07) is 10.0. The number of pyridine rings is 1. The summed E-state index contributed by atoms with van der Waals surface area (Å²) in [6.45, 7) is 1.49. The Morgan fingerprint density at radius 1 is 1.18 bits per heavy atom. The van der Waals surface area contributed by atoms with Gasteiger partial charge in [-0.3, -0.25) is 9.88 Å². The topological polar surface area (TPSA) is 86.2 Å². The lowest BCUT2D eigenvalue weighted by Crippen LogP contribution is -2.36. The fraction of sp³-hybridized carbons (Fsp3) is 0.273. The Hall–Kier alpha value is -3.17. The number of nitrogens with zero attached hydrogens (tertiary/aromatic N) is 3. The van der Waals surface area contributed by atoms with Crippen LogP contribution in [0.25, 0.3) is 22.0 Å². The van der Waals surface area contributed by atoms with E-state index in [1.165, 1.54) is 31.4 Å². The van der Waals surface area contributed by atoms with E-state index in [1.54, 1.807) is 18.2 Å². The predicted octanol–water partition coefficient (Wildman–Crippen LogP) is 4.07. The van der Waals surface area contributed by atoms with Crippen molar-refractivity contribution in [1.29, 1.82) is 5.26 Å². The largest absolute Gasteiger partial charge is 0.507 e. The molecule has 28 heavy (non-hydrogen) atoms. The summed E-state index contributed by atoms with van der Waals surface area (Å²) < 4.78 is 13.6. The number of phenols is 1. The van der Waals surface area contributed by atoms with Gasteiger partial charge in [-0.1, -0.05) is 12.5 Å². The summed E-state index contributed by atoms with van der Waals surface area (Å²) in [4.78, 5) is 7.25. The molecule has 5 rings (SSSR count). The number of nitriles is 1. The summed E-state index contributed by atoms with van der Waals surface area (Å²) in [7, 11) is 0. The number of halogens is 1. The maximum absolute atomic E-state index is 13.6. The number of hydrogen-bond acceptors (Lipinski definition) is 5. The van der Waals surface area contributed by atoms with Gasteiger partial charge in [0, 0.05) is 35.8 Å². The van der Waals surface area contributed by atoms with Crippen LogP contribution in [-0.4, -0.2) is 21.0 Å². The molecule has 2 aromatic carbocycles. The van der Waals surface area contributed by atoms with Crippen molar-refractivity contribution < 1.29 is 9.50 Å². The van der Waals surface area contributed by atoms with E-state index in [2.05, 4.69) is 4.90 Å². The molecule has 3 aromatic rings. The number of aromatic hydroxyl groups is 1. The maximum Gasteiger partial charge on any atom is 0.127 e. The highest BCUT2D eigenvalue weighted by Gasteiger charge is 2.33. The van der Waals surface area contributed by atoms with E-state index in [9.17, 15) is 14.8 Å². The Morgan fingerprint density at radius 2 is 1.96 bits per heavy atom. The van der Waals surface area contributed by atoms with Crippen molar-refractivity contribution in [3.05, 3.63) is 53.0 Å². The fourth-order valence-electron chi connectivity index (χ4n) is 4.30. The summed E-state index contributed by atoms with van der Waals surface area (Å²) in [5.41, 5.74) is 10.9. The first-order valence-electron chi connectivity index (χ1n) is 9.44. The number of rotatable bonds is 2. The highest BCUT2D eigenvalue weighted by Crippen LogP contribution is 2.42. The van der Waals surface area contributed by atoms with Gasteiger partial charge in [0.05, 0.1) is 33.9 Å². The van der Waals surface area contributed by atoms with Crippen LogP contribution in [0.3, 0.4) is 0 Å². The molecule has 3 N–H and O–H groups in total. The zero-order valence-corrected chi connectivity index (χ0v) is 15.2. The van der Waals surface area contributed by atoms with E-state index in [0.29, 0.717) is 33.8 Å². The molecule has 1 saturated carbocycles. The van der Waals surface area contributed by atoms with Gasteiger partial charge in [-0.15, -0.1) is 0 Å². The average molecular weight is 374 g/mol. The monoisotopic (exact) mass is 374 g/mol. The lowest BCUT2D eigenvalue weighted by Gasteiger charge is -2.34. The second-order valence-corrected chi connectivity index (χ2v) is 7.60. The third kappa shape index (κ3) is 2.44. The van der Waals surface area contributed by atoms with Crippen LogP contribution in [0, 0.1) is 17.1 Å². The minimum atomic E-state index is -0.465. The van der Waals surface area contributed by atoms with Gasteiger partial charge in [0.15, 0.2) is 0 Å². The smallest absolute Gasteiger partial charge is 0.127 e. The van der Waals surface area contributed by atoms with Gasteiger partial charge in [-0.05, 0) is 37.1 Å². The van der Waals surface area contributed by atoms with Gasteiger partial charge in [-0.2, -0.15) is 5.26 Å². The first kappa shape index (κ1) is 17.0. The SMILES string of the molecule is N#Cc1cc(F)ccc1-c1ccc(O)c2c(N)c3c(nc12)CN(C1CCC1)C3. The number of nitrogens with two attached hydrogens (primary N) is 1. The molecule has 1 aromatic heterocycles. The van der Waals surface area contributed by atoms with Gasteiger partial charge >= 0.3 is 0 Å². The number of phenolic OH excluding ortho intramolecular Hbond substituents is 1.